The molecule has 4 nitrogen and oxygen atoms in total. The minimum absolute atomic E-state index is 0.0163. The molecule has 1 heterocycles. The maximum Gasteiger partial charge on any atom is 0.181 e. The van der Waals surface area contributed by atoms with Gasteiger partial charge >= 0.3 is 0 Å². The van der Waals surface area contributed by atoms with Crippen LogP contribution in [0.15, 0.2) is 23.1 Å². The second-order valence-electron chi connectivity index (χ2n) is 4.87. The Kier molecular flexibility index (Phi) is 5.31. The van der Waals surface area contributed by atoms with Crippen LogP contribution < -0.4 is 5.32 Å². The third-order valence-corrected chi connectivity index (χ3v) is 6.01. The average molecular weight is 338 g/mol. The van der Waals surface area contributed by atoms with E-state index < -0.39 is 9.84 Å². The summed E-state index contributed by atoms with van der Waals surface area (Å²) in [4.78, 5) is 0.0887. The number of nitrogens with one attached hydrogen (secondary N) is 1. The van der Waals surface area contributed by atoms with Crippen LogP contribution in [0, 0.1) is 5.92 Å². The first-order chi connectivity index (χ1) is 9.44. The number of ether oxygens (including phenoxy) is 1. The van der Waals surface area contributed by atoms with Crippen molar-refractivity contribution in [3.8, 4) is 0 Å². The van der Waals surface area contributed by atoms with Crippen molar-refractivity contribution in [2.75, 3.05) is 26.0 Å². The Balaban J connectivity index is 2.23. The van der Waals surface area contributed by atoms with Crippen LogP contribution in [0.3, 0.4) is 0 Å². The summed E-state index contributed by atoms with van der Waals surface area (Å²) in [5, 5.41) is 3.63. The maximum atomic E-state index is 12.5. The molecule has 2 rings (SSSR count). The summed E-state index contributed by atoms with van der Waals surface area (Å²) in [5.74, 6) is 0.185. The molecule has 20 heavy (non-hydrogen) atoms. The first-order valence-corrected chi connectivity index (χ1v) is 8.77. The Morgan fingerprint density at radius 3 is 2.80 bits per heavy atom. The standard InChI is InChI=1S/C13H17Cl2NO3S/c1-16-12(9-4-5-19-7-9)8-20(17,18)13-6-10(14)2-3-11(13)15/h2-3,6,9,12,16H,4-5,7-8H2,1H3. The fourth-order valence-corrected chi connectivity index (χ4v) is 4.84. The van der Waals surface area contributed by atoms with Crippen LogP contribution in [0.5, 0.6) is 0 Å². The second kappa shape index (κ2) is 6.62. The maximum absolute atomic E-state index is 12.5. The van der Waals surface area contributed by atoms with Crippen LogP contribution >= 0.6 is 23.2 Å². The quantitative estimate of drug-likeness (QED) is 0.896. The van der Waals surface area contributed by atoms with Gasteiger partial charge in [0.2, 0.25) is 0 Å². The van der Waals surface area contributed by atoms with Gasteiger partial charge in [0.25, 0.3) is 0 Å². The van der Waals surface area contributed by atoms with E-state index in [1.165, 1.54) is 12.1 Å². The van der Waals surface area contributed by atoms with Crippen LogP contribution in [0.2, 0.25) is 10.0 Å². The lowest BCUT2D eigenvalue weighted by atomic mass is 10.0. The van der Waals surface area contributed by atoms with Crippen molar-refractivity contribution < 1.29 is 13.2 Å². The summed E-state index contributed by atoms with van der Waals surface area (Å²) < 4.78 is 30.3. The zero-order valence-corrected chi connectivity index (χ0v) is 13.4. The number of benzene rings is 1. The third kappa shape index (κ3) is 3.65. The van der Waals surface area contributed by atoms with Crippen LogP contribution in [-0.2, 0) is 14.6 Å². The molecule has 1 aliphatic heterocycles. The second-order valence-corrected chi connectivity index (χ2v) is 7.72. The molecule has 1 aliphatic rings. The van der Waals surface area contributed by atoms with E-state index in [-0.39, 0.29) is 27.6 Å². The number of halogens is 2. The molecule has 112 valence electrons. The van der Waals surface area contributed by atoms with E-state index in [4.69, 9.17) is 27.9 Å². The summed E-state index contributed by atoms with van der Waals surface area (Å²) in [6, 6.07) is 4.32. The number of sulfone groups is 1. The summed E-state index contributed by atoms with van der Waals surface area (Å²) in [7, 11) is -1.73. The smallest absolute Gasteiger partial charge is 0.181 e. The van der Waals surface area contributed by atoms with Gasteiger partial charge in [0.05, 0.1) is 22.3 Å². The van der Waals surface area contributed by atoms with Gasteiger partial charge in [-0.25, -0.2) is 8.42 Å². The van der Waals surface area contributed by atoms with Gasteiger partial charge in [-0.3, -0.25) is 0 Å². The summed E-state index contributed by atoms with van der Waals surface area (Å²) in [6.07, 6.45) is 0.865. The fraction of sp³-hybridized carbons (Fsp3) is 0.538. The summed E-state index contributed by atoms with van der Waals surface area (Å²) in [5.41, 5.74) is 0. The van der Waals surface area contributed by atoms with Crippen LogP contribution in [-0.4, -0.2) is 40.5 Å². The molecule has 0 amide bonds. The molecule has 0 bridgehead atoms. The predicted octanol–water partition coefficient (Wildman–Crippen LogP) is 2.39. The Bertz CT molecular complexity index is 571. The highest BCUT2D eigenvalue weighted by molar-refractivity contribution is 7.91. The van der Waals surface area contributed by atoms with Crippen molar-refractivity contribution in [2.45, 2.75) is 17.4 Å². The van der Waals surface area contributed by atoms with Crippen molar-refractivity contribution in [1.29, 1.82) is 0 Å². The zero-order valence-electron chi connectivity index (χ0n) is 11.1. The topological polar surface area (TPSA) is 55.4 Å². The summed E-state index contributed by atoms with van der Waals surface area (Å²) >= 11 is 11.8. The van der Waals surface area contributed by atoms with Gasteiger partial charge in [-0.15, -0.1) is 0 Å². The van der Waals surface area contributed by atoms with Crippen molar-refractivity contribution in [3.63, 3.8) is 0 Å². The molecule has 0 spiro atoms. The largest absolute Gasteiger partial charge is 0.381 e. The SMILES string of the molecule is CNC(CS(=O)(=O)c1cc(Cl)ccc1Cl)C1CCOC1. The highest BCUT2D eigenvalue weighted by atomic mass is 35.5. The number of hydrogen-bond donors (Lipinski definition) is 1. The van der Waals surface area contributed by atoms with Gasteiger partial charge in [0.15, 0.2) is 9.84 Å². The molecule has 0 saturated carbocycles. The van der Waals surface area contributed by atoms with Crippen LogP contribution in [0.1, 0.15) is 6.42 Å². The van der Waals surface area contributed by atoms with Crippen LogP contribution in [0.4, 0.5) is 0 Å². The predicted molar refractivity (Wildman–Crippen MR) is 80.3 cm³/mol. The van der Waals surface area contributed by atoms with E-state index >= 15 is 0 Å². The molecular weight excluding hydrogens is 321 g/mol. The van der Waals surface area contributed by atoms with E-state index in [0.717, 1.165) is 6.42 Å². The highest BCUT2D eigenvalue weighted by Gasteiger charge is 2.30. The molecule has 1 saturated heterocycles. The molecule has 1 fully saturated rings. The number of hydrogen-bond acceptors (Lipinski definition) is 4. The third-order valence-electron chi connectivity index (χ3n) is 3.53. The minimum Gasteiger partial charge on any atom is -0.381 e. The monoisotopic (exact) mass is 337 g/mol. The molecule has 1 aromatic rings. The molecule has 1 aromatic carbocycles. The molecule has 0 radical (unpaired) electrons. The minimum atomic E-state index is -3.50. The Hall–Kier alpha value is -0.330. The van der Waals surface area contributed by atoms with Gasteiger partial charge in [0.1, 0.15) is 0 Å². The van der Waals surface area contributed by atoms with Gasteiger partial charge in [0, 0.05) is 23.6 Å². The van der Waals surface area contributed by atoms with E-state index in [0.29, 0.717) is 18.2 Å². The lowest BCUT2D eigenvalue weighted by molar-refractivity contribution is 0.179. The van der Waals surface area contributed by atoms with E-state index in [9.17, 15) is 8.42 Å². The molecule has 1 N–H and O–H groups in total. The van der Waals surface area contributed by atoms with Crippen LogP contribution in [0.25, 0.3) is 0 Å². The molecule has 2 unspecified atom stereocenters. The van der Waals surface area contributed by atoms with Crippen molar-refractivity contribution in [2.24, 2.45) is 5.92 Å². The molecule has 0 aromatic heterocycles. The van der Waals surface area contributed by atoms with E-state index in [1.807, 2.05) is 0 Å². The normalized spacial score (nSPS) is 21.1. The lowest BCUT2D eigenvalue weighted by Crippen LogP contribution is -2.40. The van der Waals surface area contributed by atoms with Crippen molar-refractivity contribution >= 4 is 33.0 Å². The van der Waals surface area contributed by atoms with E-state index in [2.05, 4.69) is 5.32 Å². The van der Waals surface area contributed by atoms with Crippen molar-refractivity contribution in [1.82, 2.24) is 5.32 Å². The molecule has 7 heteroatoms. The zero-order chi connectivity index (χ0) is 14.8. The van der Waals surface area contributed by atoms with Gasteiger partial charge in [-0.1, -0.05) is 23.2 Å². The summed E-state index contributed by atoms with van der Waals surface area (Å²) in [6.45, 7) is 1.27. The first kappa shape index (κ1) is 16.0. The van der Waals surface area contributed by atoms with Gasteiger partial charge < -0.3 is 10.1 Å². The van der Waals surface area contributed by atoms with Gasteiger partial charge in [-0.2, -0.15) is 0 Å². The molecule has 0 aliphatic carbocycles. The fourth-order valence-electron chi connectivity index (χ4n) is 2.37. The Morgan fingerprint density at radius 1 is 1.45 bits per heavy atom. The molecular formula is C13H17Cl2NO3S. The Labute approximate surface area is 129 Å². The first-order valence-electron chi connectivity index (χ1n) is 6.37. The van der Waals surface area contributed by atoms with Gasteiger partial charge in [-0.05, 0) is 31.7 Å². The number of rotatable bonds is 5. The van der Waals surface area contributed by atoms with E-state index in [1.54, 1.807) is 13.1 Å². The van der Waals surface area contributed by atoms with Crippen molar-refractivity contribution in [3.05, 3.63) is 28.2 Å². The highest BCUT2D eigenvalue weighted by Crippen LogP contribution is 2.28. The average Bonchev–Trinajstić information content (AvgIpc) is 2.92. The molecule has 2 atom stereocenters. The Morgan fingerprint density at radius 2 is 2.20 bits per heavy atom. The lowest BCUT2D eigenvalue weighted by Gasteiger charge is -2.22.